The van der Waals surface area contributed by atoms with Crippen LogP contribution < -0.4 is 5.48 Å². The van der Waals surface area contributed by atoms with E-state index in [0.29, 0.717) is 0 Å². The van der Waals surface area contributed by atoms with E-state index in [2.05, 4.69) is 20.7 Å². The number of hydrogen-bond donors (Lipinski definition) is 2. The van der Waals surface area contributed by atoms with Crippen LogP contribution in [0.5, 0.6) is 0 Å². The highest BCUT2D eigenvalue weighted by Gasteiger charge is 2.02. The van der Waals surface area contributed by atoms with Gasteiger partial charge in [0.1, 0.15) is 12.6 Å². The zero-order chi connectivity index (χ0) is 7.52. The Hall–Kier alpha value is -1.78. The normalized spacial score (nSPS) is 15.1. The van der Waals surface area contributed by atoms with Crippen molar-refractivity contribution in [3.05, 3.63) is 30.7 Å². The molecule has 2 N–H and O–H groups in total. The van der Waals surface area contributed by atoms with Crippen molar-refractivity contribution in [1.29, 1.82) is 0 Å². The molecule has 2 heterocycles. The number of hydrogen-bond acceptors (Lipinski definition) is 4. The predicted octanol–water partition coefficient (Wildman–Crippen LogP) is 0.194. The van der Waals surface area contributed by atoms with Gasteiger partial charge in [-0.2, -0.15) is 5.10 Å². The van der Waals surface area contributed by atoms with Crippen LogP contribution in [0.1, 0.15) is 5.82 Å². The van der Waals surface area contributed by atoms with Gasteiger partial charge in [0.05, 0.1) is 0 Å². The van der Waals surface area contributed by atoms with E-state index in [0.717, 1.165) is 11.4 Å². The zero-order valence-corrected chi connectivity index (χ0v) is 5.61. The van der Waals surface area contributed by atoms with Crippen molar-refractivity contribution in [3.8, 4) is 0 Å². The summed E-state index contributed by atoms with van der Waals surface area (Å²) < 4.78 is 0. The van der Waals surface area contributed by atoms with Crippen molar-refractivity contribution in [1.82, 2.24) is 20.7 Å². The molecule has 2 rings (SSSR count). The van der Waals surface area contributed by atoms with Crippen molar-refractivity contribution in [3.63, 3.8) is 0 Å². The molecule has 1 aromatic rings. The summed E-state index contributed by atoms with van der Waals surface area (Å²) in [6.07, 6.45) is 6.48. The molecule has 5 nitrogen and oxygen atoms in total. The Morgan fingerprint density at radius 2 is 2.45 bits per heavy atom. The summed E-state index contributed by atoms with van der Waals surface area (Å²) in [5, 5.41) is 6.45. The minimum absolute atomic E-state index is 0.719. The molecule has 0 saturated heterocycles. The lowest BCUT2D eigenvalue weighted by Gasteiger charge is -2.05. The average molecular weight is 150 g/mol. The molecule has 0 amide bonds. The van der Waals surface area contributed by atoms with Crippen molar-refractivity contribution < 1.29 is 4.84 Å². The van der Waals surface area contributed by atoms with Crippen LogP contribution in [0.15, 0.2) is 24.9 Å². The first-order valence-electron chi connectivity index (χ1n) is 3.10. The number of rotatable bonds is 1. The third-order valence-electron chi connectivity index (χ3n) is 1.29. The van der Waals surface area contributed by atoms with Gasteiger partial charge in [-0.3, -0.25) is 5.10 Å². The maximum atomic E-state index is 4.73. The fraction of sp³-hybridized carbons (Fsp3) is 0. The van der Waals surface area contributed by atoms with E-state index < -0.39 is 0 Å². The van der Waals surface area contributed by atoms with Gasteiger partial charge in [-0.15, -0.1) is 0 Å². The Morgan fingerprint density at radius 3 is 3.09 bits per heavy atom. The van der Waals surface area contributed by atoms with E-state index in [1.54, 1.807) is 12.3 Å². The summed E-state index contributed by atoms with van der Waals surface area (Å²) in [4.78, 5) is 8.69. The molecule has 0 bridgehead atoms. The van der Waals surface area contributed by atoms with E-state index in [1.807, 2.05) is 0 Å². The summed E-state index contributed by atoms with van der Waals surface area (Å²) >= 11 is 0. The maximum Gasteiger partial charge on any atom is 0.157 e. The Balaban J connectivity index is 2.29. The molecule has 0 aliphatic carbocycles. The van der Waals surface area contributed by atoms with E-state index in [-0.39, 0.29) is 0 Å². The van der Waals surface area contributed by atoms with Crippen LogP contribution >= 0.6 is 0 Å². The van der Waals surface area contributed by atoms with Gasteiger partial charge >= 0.3 is 0 Å². The second-order valence-electron chi connectivity index (χ2n) is 1.97. The van der Waals surface area contributed by atoms with Crippen LogP contribution in [0.2, 0.25) is 0 Å². The lowest BCUT2D eigenvalue weighted by molar-refractivity contribution is 0.173. The number of H-pyrrole nitrogens is 1. The summed E-state index contributed by atoms with van der Waals surface area (Å²) in [7, 11) is 0. The average Bonchev–Trinajstić information content (AvgIpc) is 2.58. The van der Waals surface area contributed by atoms with Crippen LogP contribution in [-0.4, -0.2) is 15.2 Å². The van der Waals surface area contributed by atoms with Crippen LogP contribution in [0.25, 0.3) is 5.57 Å². The lowest BCUT2D eigenvalue weighted by atomic mass is 10.2. The molecule has 0 radical (unpaired) electrons. The molecule has 0 atom stereocenters. The molecule has 0 saturated carbocycles. The number of nitrogens with zero attached hydrogens (tertiary/aromatic N) is 2. The van der Waals surface area contributed by atoms with Crippen LogP contribution in [0.4, 0.5) is 0 Å². The quantitative estimate of drug-likeness (QED) is 0.600. The molecule has 1 aliphatic rings. The minimum atomic E-state index is 0.719. The first kappa shape index (κ1) is 5.96. The number of hydroxylamine groups is 1. The van der Waals surface area contributed by atoms with Crippen LogP contribution in [0.3, 0.4) is 0 Å². The number of aromatic nitrogens is 3. The Morgan fingerprint density at radius 1 is 1.45 bits per heavy atom. The molecule has 0 aromatic carbocycles. The number of nitrogens with one attached hydrogen (secondary N) is 2. The van der Waals surface area contributed by atoms with Gasteiger partial charge < -0.3 is 4.84 Å². The third-order valence-corrected chi connectivity index (χ3v) is 1.29. The maximum absolute atomic E-state index is 4.73. The van der Waals surface area contributed by atoms with E-state index in [9.17, 15) is 0 Å². The Bertz CT molecular complexity index is 288. The van der Waals surface area contributed by atoms with E-state index in [4.69, 9.17) is 4.84 Å². The molecule has 11 heavy (non-hydrogen) atoms. The fourth-order valence-electron chi connectivity index (χ4n) is 0.784. The predicted molar refractivity (Wildman–Crippen MR) is 37.7 cm³/mol. The summed E-state index contributed by atoms with van der Waals surface area (Å²) in [5.74, 6) is 0.719. The first-order chi connectivity index (χ1) is 5.47. The molecular formula is C6H6N4O. The summed E-state index contributed by atoms with van der Waals surface area (Å²) in [5.41, 5.74) is 3.50. The minimum Gasteiger partial charge on any atom is -0.391 e. The van der Waals surface area contributed by atoms with Crippen LogP contribution in [-0.2, 0) is 4.84 Å². The smallest absolute Gasteiger partial charge is 0.157 e. The first-order valence-corrected chi connectivity index (χ1v) is 3.10. The van der Waals surface area contributed by atoms with Crippen molar-refractivity contribution in [2.45, 2.75) is 0 Å². The summed E-state index contributed by atoms with van der Waals surface area (Å²) in [6.45, 7) is 0. The van der Waals surface area contributed by atoms with Gasteiger partial charge in [0.2, 0.25) is 0 Å². The molecule has 0 fully saturated rings. The lowest BCUT2D eigenvalue weighted by Crippen LogP contribution is -2.06. The molecule has 5 heteroatoms. The third kappa shape index (κ3) is 1.07. The SMILES string of the molecule is C1=CC(c2ncn[nH]2)=CNO1. The van der Waals surface area contributed by atoms with Crippen molar-refractivity contribution in [2.24, 2.45) is 0 Å². The molecule has 0 spiro atoms. The Labute approximate surface area is 62.7 Å². The molecule has 0 unspecified atom stereocenters. The van der Waals surface area contributed by atoms with E-state index in [1.165, 1.54) is 12.6 Å². The second kappa shape index (κ2) is 2.45. The highest BCUT2D eigenvalue weighted by Crippen LogP contribution is 2.10. The molecule has 1 aromatic heterocycles. The number of aromatic amines is 1. The van der Waals surface area contributed by atoms with Gasteiger partial charge in [0.25, 0.3) is 0 Å². The standard InChI is InChI=1S/C6H6N4O/c1-2-11-9-3-5(1)6-7-4-8-10-6/h1-4,9H,(H,7,8,10). The number of allylic oxidation sites excluding steroid dienone is 2. The molecular weight excluding hydrogens is 144 g/mol. The largest absolute Gasteiger partial charge is 0.391 e. The molecule has 1 aliphatic heterocycles. The topological polar surface area (TPSA) is 62.8 Å². The van der Waals surface area contributed by atoms with Gasteiger partial charge in [0.15, 0.2) is 5.82 Å². The molecule has 56 valence electrons. The Kier molecular flexibility index (Phi) is 1.33. The van der Waals surface area contributed by atoms with Crippen molar-refractivity contribution >= 4 is 5.57 Å². The van der Waals surface area contributed by atoms with Crippen LogP contribution in [0, 0.1) is 0 Å². The highest BCUT2D eigenvalue weighted by atomic mass is 16.6. The van der Waals surface area contributed by atoms with Gasteiger partial charge in [-0.05, 0) is 6.08 Å². The van der Waals surface area contributed by atoms with Crippen molar-refractivity contribution in [2.75, 3.05) is 0 Å². The fourth-order valence-corrected chi connectivity index (χ4v) is 0.784. The van der Waals surface area contributed by atoms with Gasteiger partial charge in [-0.1, -0.05) is 0 Å². The van der Waals surface area contributed by atoms with Gasteiger partial charge in [0, 0.05) is 11.8 Å². The van der Waals surface area contributed by atoms with Gasteiger partial charge in [-0.25, -0.2) is 10.5 Å². The second-order valence-corrected chi connectivity index (χ2v) is 1.97. The zero-order valence-electron chi connectivity index (χ0n) is 5.61. The monoisotopic (exact) mass is 150 g/mol. The highest BCUT2D eigenvalue weighted by molar-refractivity contribution is 5.68. The summed E-state index contributed by atoms with van der Waals surface area (Å²) in [6, 6.07) is 0. The van der Waals surface area contributed by atoms with E-state index >= 15 is 0 Å².